The summed E-state index contributed by atoms with van der Waals surface area (Å²) in [5, 5.41) is 7.04. The van der Waals surface area contributed by atoms with Gasteiger partial charge in [0.15, 0.2) is 0 Å². The third kappa shape index (κ3) is 4.23. The number of hydrogen-bond acceptors (Lipinski definition) is 3. The van der Waals surface area contributed by atoms with Crippen LogP contribution in [-0.4, -0.2) is 47.0 Å². The Morgan fingerprint density at radius 3 is 3.15 bits per heavy atom. The molecule has 0 aromatic carbocycles. The molecule has 1 aromatic heterocycles. The van der Waals surface area contributed by atoms with E-state index in [1.807, 2.05) is 25.1 Å². The Hall–Kier alpha value is -1.56. The van der Waals surface area contributed by atoms with Crippen LogP contribution in [0.25, 0.3) is 0 Å². The van der Waals surface area contributed by atoms with Gasteiger partial charge in [0.1, 0.15) is 0 Å². The molecule has 1 atom stereocenters. The average molecular weight is 280 g/mol. The number of likely N-dealkylation sites (tertiary alicyclic amines) is 1. The summed E-state index contributed by atoms with van der Waals surface area (Å²) >= 11 is 0. The molecule has 20 heavy (non-hydrogen) atoms. The Bertz CT molecular complexity index is 433. The van der Waals surface area contributed by atoms with Crippen molar-refractivity contribution in [1.82, 2.24) is 20.0 Å². The molecule has 1 N–H and O–H groups in total. The molecular formula is C14H24N4O2. The first-order chi connectivity index (χ1) is 9.69. The Kier molecular flexibility index (Phi) is 5.40. The van der Waals surface area contributed by atoms with E-state index in [1.54, 1.807) is 10.9 Å². The first-order valence-corrected chi connectivity index (χ1v) is 7.27. The van der Waals surface area contributed by atoms with Gasteiger partial charge in [0.25, 0.3) is 0 Å². The van der Waals surface area contributed by atoms with E-state index in [1.165, 1.54) is 0 Å². The number of rotatable bonds is 5. The Morgan fingerprint density at radius 2 is 2.45 bits per heavy atom. The SMILES string of the molecule is CCOC[C@@H]1CCCN(C(=O)NCc2cnn(C)c2)C1. The van der Waals surface area contributed by atoms with Gasteiger partial charge in [0.05, 0.1) is 12.8 Å². The number of hydrogen-bond donors (Lipinski definition) is 1. The summed E-state index contributed by atoms with van der Waals surface area (Å²) in [6.45, 7) is 5.65. The topological polar surface area (TPSA) is 59.4 Å². The fourth-order valence-corrected chi connectivity index (χ4v) is 2.52. The number of piperidine rings is 1. The Labute approximate surface area is 120 Å². The number of nitrogens with one attached hydrogen (secondary N) is 1. The van der Waals surface area contributed by atoms with Crippen LogP contribution < -0.4 is 5.32 Å². The summed E-state index contributed by atoms with van der Waals surface area (Å²) in [4.78, 5) is 14.0. The number of amides is 2. The zero-order chi connectivity index (χ0) is 14.4. The summed E-state index contributed by atoms with van der Waals surface area (Å²) in [6.07, 6.45) is 5.88. The summed E-state index contributed by atoms with van der Waals surface area (Å²) in [6, 6.07) is 0.00931. The highest BCUT2D eigenvalue weighted by atomic mass is 16.5. The van der Waals surface area contributed by atoms with Gasteiger partial charge in [-0.15, -0.1) is 0 Å². The van der Waals surface area contributed by atoms with E-state index in [2.05, 4.69) is 10.4 Å². The summed E-state index contributed by atoms with van der Waals surface area (Å²) < 4.78 is 7.20. The lowest BCUT2D eigenvalue weighted by atomic mass is 9.99. The largest absolute Gasteiger partial charge is 0.381 e. The molecule has 1 aromatic rings. The van der Waals surface area contributed by atoms with Crippen molar-refractivity contribution in [1.29, 1.82) is 0 Å². The number of aromatic nitrogens is 2. The number of nitrogens with zero attached hydrogens (tertiary/aromatic N) is 3. The van der Waals surface area contributed by atoms with Gasteiger partial charge in [-0.05, 0) is 19.8 Å². The summed E-state index contributed by atoms with van der Waals surface area (Å²) in [5.74, 6) is 0.466. The number of ether oxygens (including phenoxy) is 1. The minimum atomic E-state index is 0.00931. The van der Waals surface area contributed by atoms with Crippen molar-refractivity contribution in [3.05, 3.63) is 18.0 Å². The lowest BCUT2D eigenvalue weighted by Gasteiger charge is -2.32. The van der Waals surface area contributed by atoms with Crippen molar-refractivity contribution in [2.75, 3.05) is 26.3 Å². The molecule has 0 bridgehead atoms. The maximum atomic E-state index is 12.1. The third-order valence-corrected chi connectivity index (χ3v) is 3.57. The van der Waals surface area contributed by atoms with E-state index in [-0.39, 0.29) is 6.03 Å². The van der Waals surface area contributed by atoms with Gasteiger partial charge < -0.3 is 15.0 Å². The van der Waals surface area contributed by atoms with Crippen LogP contribution in [0.2, 0.25) is 0 Å². The van der Waals surface area contributed by atoms with Crippen LogP contribution in [0.4, 0.5) is 4.79 Å². The fraction of sp³-hybridized carbons (Fsp3) is 0.714. The molecule has 0 aliphatic carbocycles. The van der Waals surface area contributed by atoms with Crippen molar-refractivity contribution in [3.63, 3.8) is 0 Å². The van der Waals surface area contributed by atoms with E-state index in [0.29, 0.717) is 12.5 Å². The maximum absolute atomic E-state index is 12.1. The van der Waals surface area contributed by atoms with E-state index < -0.39 is 0 Å². The van der Waals surface area contributed by atoms with E-state index in [9.17, 15) is 4.79 Å². The standard InChI is InChI=1S/C14H24N4O2/c1-3-20-11-12-5-4-6-18(10-12)14(19)15-7-13-8-16-17(2)9-13/h8-9,12H,3-7,10-11H2,1-2H3,(H,15,19)/t12-/m1/s1. The normalized spacial score (nSPS) is 19.1. The van der Waals surface area contributed by atoms with Gasteiger partial charge in [-0.25, -0.2) is 4.79 Å². The zero-order valence-electron chi connectivity index (χ0n) is 12.3. The fourth-order valence-electron chi connectivity index (χ4n) is 2.52. The van der Waals surface area contributed by atoms with Gasteiger partial charge in [-0.1, -0.05) is 0 Å². The molecule has 2 rings (SSSR count). The van der Waals surface area contributed by atoms with Crippen molar-refractivity contribution in [3.8, 4) is 0 Å². The average Bonchev–Trinajstić information content (AvgIpc) is 2.88. The van der Waals surface area contributed by atoms with E-state index in [4.69, 9.17) is 4.74 Å². The van der Waals surface area contributed by atoms with Gasteiger partial charge in [0, 0.05) is 51.0 Å². The molecule has 2 heterocycles. The Balaban J connectivity index is 1.76. The molecule has 0 spiro atoms. The van der Waals surface area contributed by atoms with Crippen LogP contribution in [0.15, 0.2) is 12.4 Å². The highest BCUT2D eigenvalue weighted by Crippen LogP contribution is 2.16. The van der Waals surface area contributed by atoms with Crippen LogP contribution in [0.5, 0.6) is 0 Å². The van der Waals surface area contributed by atoms with Crippen LogP contribution in [0.1, 0.15) is 25.3 Å². The van der Waals surface area contributed by atoms with Crippen LogP contribution in [0, 0.1) is 5.92 Å². The summed E-state index contributed by atoms with van der Waals surface area (Å²) in [5.41, 5.74) is 1.02. The second-order valence-electron chi connectivity index (χ2n) is 5.29. The molecule has 0 radical (unpaired) electrons. The van der Waals surface area contributed by atoms with Crippen molar-refractivity contribution in [2.45, 2.75) is 26.3 Å². The quantitative estimate of drug-likeness (QED) is 0.886. The maximum Gasteiger partial charge on any atom is 0.317 e. The molecular weight excluding hydrogens is 256 g/mol. The first-order valence-electron chi connectivity index (χ1n) is 7.27. The minimum Gasteiger partial charge on any atom is -0.381 e. The summed E-state index contributed by atoms with van der Waals surface area (Å²) in [7, 11) is 1.87. The Morgan fingerprint density at radius 1 is 1.60 bits per heavy atom. The number of urea groups is 1. The first kappa shape index (κ1) is 14.8. The van der Waals surface area contributed by atoms with Crippen LogP contribution in [-0.2, 0) is 18.3 Å². The second-order valence-corrected chi connectivity index (χ2v) is 5.29. The van der Waals surface area contributed by atoms with Crippen LogP contribution in [0.3, 0.4) is 0 Å². The molecule has 0 saturated carbocycles. The molecule has 0 unspecified atom stereocenters. The molecule has 1 aliphatic rings. The predicted molar refractivity (Wildman–Crippen MR) is 76.2 cm³/mol. The number of carbonyl (C=O) groups excluding carboxylic acids is 1. The smallest absolute Gasteiger partial charge is 0.317 e. The molecule has 6 nitrogen and oxygen atoms in total. The van der Waals surface area contributed by atoms with Gasteiger partial charge in [-0.2, -0.15) is 5.10 Å². The molecule has 2 amide bonds. The molecule has 112 valence electrons. The van der Waals surface area contributed by atoms with Crippen LogP contribution >= 0.6 is 0 Å². The molecule has 6 heteroatoms. The second kappa shape index (κ2) is 7.28. The minimum absolute atomic E-state index is 0.00931. The lowest BCUT2D eigenvalue weighted by molar-refractivity contribution is 0.0756. The highest BCUT2D eigenvalue weighted by Gasteiger charge is 2.23. The van der Waals surface area contributed by atoms with Gasteiger partial charge >= 0.3 is 6.03 Å². The van der Waals surface area contributed by atoms with Crippen molar-refractivity contribution < 1.29 is 9.53 Å². The number of carbonyl (C=O) groups is 1. The van der Waals surface area contributed by atoms with Gasteiger partial charge in [0.2, 0.25) is 0 Å². The van der Waals surface area contributed by atoms with Gasteiger partial charge in [-0.3, -0.25) is 4.68 Å². The van der Waals surface area contributed by atoms with Crippen molar-refractivity contribution in [2.24, 2.45) is 13.0 Å². The highest BCUT2D eigenvalue weighted by molar-refractivity contribution is 5.74. The van der Waals surface area contributed by atoms with E-state index >= 15 is 0 Å². The van der Waals surface area contributed by atoms with E-state index in [0.717, 1.165) is 44.7 Å². The lowest BCUT2D eigenvalue weighted by Crippen LogP contribution is -2.46. The molecule has 1 aliphatic heterocycles. The monoisotopic (exact) mass is 280 g/mol. The predicted octanol–water partition coefficient (Wildman–Crippen LogP) is 1.38. The zero-order valence-corrected chi connectivity index (χ0v) is 12.3. The molecule has 1 saturated heterocycles. The number of aryl methyl sites for hydroxylation is 1. The third-order valence-electron chi connectivity index (χ3n) is 3.57. The van der Waals surface area contributed by atoms with Crippen molar-refractivity contribution >= 4 is 6.03 Å². The molecule has 1 fully saturated rings.